The largest absolute Gasteiger partial charge is 0.457 e. The van der Waals surface area contributed by atoms with Crippen molar-refractivity contribution in [2.24, 2.45) is 5.92 Å². The minimum Gasteiger partial charge on any atom is -0.457 e. The molecule has 5 rings (SSSR count). The standard InChI is InChI=1S/C13H14OS/c1-4-13-11(5-8(1)7-15-13)10-6-9-2-3-12(10)14-9/h2-3,6,8,11,13H,1,4-5,7H2. The van der Waals surface area contributed by atoms with Gasteiger partial charge in [0.25, 0.3) is 0 Å². The molecule has 3 aliphatic rings. The minimum atomic E-state index is 0.778. The van der Waals surface area contributed by atoms with Crippen LogP contribution in [-0.2, 0) is 0 Å². The molecule has 2 saturated heterocycles. The average Bonchev–Trinajstić information content (AvgIpc) is 2.92. The topological polar surface area (TPSA) is 13.1 Å². The highest BCUT2D eigenvalue weighted by Crippen LogP contribution is 2.50. The van der Waals surface area contributed by atoms with Gasteiger partial charge in [-0.05, 0) is 55.1 Å². The molecule has 4 heterocycles. The Kier molecular flexibility index (Phi) is 1.67. The number of hydrogen-bond donors (Lipinski definition) is 0. The molecule has 2 aromatic rings. The van der Waals surface area contributed by atoms with Crippen LogP contribution >= 0.6 is 11.8 Å². The summed E-state index contributed by atoms with van der Waals surface area (Å²) in [5.41, 5.74) is 3.70. The Hall–Kier alpha value is -0.630. The maximum absolute atomic E-state index is 5.67. The van der Waals surface area contributed by atoms with Crippen molar-refractivity contribution in [1.82, 2.24) is 0 Å². The van der Waals surface area contributed by atoms with Gasteiger partial charge in [-0.3, -0.25) is 0 Å². The molecule has 0 amide bonds. The summed E-state index contributed by atoms with van der Waals surface area (Å²) < 4.78 is 5.67. The molecule has 1 aliphatic carbocycles. The molecular formula is C13H14OS. The Morgan fingerprint density at radius 3 is 2.80 bits per heavy atom. The molecule has 0 spiro atoms. The van der Waals surface area contributed by atoms with Crippen LogP contribution in [0.4, 0.5) is 0 Å². The predicted molar refractivity (Wildman–Crippen MR) is 63.7 cm³/mol. The Bertz CT molecular complexity index is 467. The van der Waals surface area contributed by atoms with Crippen molar-refractivity contribution in [1.29, 1.82) is 0 Å². The van der Waals surface area contributed by atoms with E-state index in [0.717, 1.165) is 28.3 Å². The molecule has 3 atom stereocenters. The van der Waals surface area contributed by atoms with E-state index < -0.39 is 0 Å². The molecule has 4 bridgehead atoms. The number of fused-ring (bicyclic) bond motifs is 5. The first-order valence-corrected chi connectivity index (χ1v) is 6.88. The zero-order chi connectivity index (χ0) is 9.83. The molecule has 2 heteroatoms. The summed E-state index contributed by atoms with van der Waals surface area (Å²) in [7, 11) is 0. The van der Waals surface area contributed by atoms with E-state index in [4.69, 9.17) is 4.42 Å². The second-order valence-corrected chi connectivity index (χ2v) is 6.23. The van der Waals surface area contributed by atoms with Crippen LogP contribution in [0, 0.1) is 5.92 Å². The number of rotatable bonds is 1. The summed E-state index contributed by atoms with van der Waals surface area (Å²) in [6.45, 7) is 0. The van der Waals surface area contributed by atoms with Crippen molar-refractivity contribution < 1.29 is 4.42 Å². The molecule has 15 heavy (non-hydrogen) atoms. The molecule has 2 aromatic heterocycles. The van der Waals surface area contributed by atoms with Gasteiger partial charge in [-0.15, -0.1) is 0 Å². The molecule has 1 nitrogen and oxygen atoms in total. The third kappa shape index (κ3) is 1.17. The monoisotopic (exact) mass is 218 g/mol. The van der Waals surface area contributed by atoms with Crippen LogP contribution in [0.2, 0.25) is 0 Å². The third-order valence-electron chi connectivity index (χ3n) is 4.05. The first-order valence-electron chi connectivity index (χ1n) is 5.83. The Labute approximate surface area is 93.6 Å². The molecule has 0 N–H and O–H groups in total. The van der Waals surface area contributed by atoms with Crippen LogP contribution in [0.3, 0.4) is 0 Å². The van der Waals surface area contributed by atoms with Crippen molar-refractivity contribution in [2.45, 2.75) is 30.4 Å². The number of furan rings is 2. The molecule has 78 valence electrons. The SMILES string of the molecule is c1cc2oc1cc2C1CC2CCC1SC2. The van der Waals surface area contributed by atoms with Crippen molar-refractivity contribution in [3.63, 3.8) is 0 Å². The number of thioether (sulfide) groups is 1. The van der Waals surface area contributed by atoms with Crippen molar-refractivity contribution >= 4 is 22.9 Å². The van der Waals surface area contributed by atoms with Gasteiger partial charge in [0.2, 0.25) is 0 Å². The smallest absolute Gasteiger partial charge is 0.131 e. The fourth-order valence-electron chi connectivity index (χ4n) is 3.27. The zero-order valence-electron chi connectivity index (χ0n) is 8.61. The van der Waals surface area contributed by atoms with E-state index in [-0.39, 0.29) is 0 Å². The van der Waals surface area contributed by atoms with Crippen molar-refractivity contribution in [2.75, 3.05) is 5.75 Å². The second kappa shape index (κ2) is 2.94. The molecule has 3 unspecified atom stereocenters. The minimum absolute atomic E-state index is 0.778. The van der Waals surface area contributed by atoms with Crippen LogP contribution < -0.4 is 0 Å². The average molecular weight is 218 g/mol. The lowest BCUT2D eigenvalue weighted by molar-refractivity contribution is 0.339. The lowest BCUT2D eigenvalue weighted by Crippen LogP contribution is -2.32. The maximum atomic E-state index is 5.67. The van der Waals surface area contributed by atoms with Crippen LogP contribution in [-0.4, -0.2) is 11.0 Å². The van der Waals surface area contributed by atoms with Crippen LogP contribution in [0.15, 0.2) is 22.6 Å². The second-order valence-electron chi connectivity index (χ2n) is 4.96. The molecule has 0 radical (unpaired) electrons. The van der Waals surface area contributed by atoms with Gasteiger partial charge in [-0.1, -0.05) is 0 Å². The Balaban J connectivity index is 1.75. The van der Waals surface area contributed by atoms with Gasteiger partial charge in [-0.25, -0.2) is 0 Å². The van der Waals surface area contributed by atoms with Crippen LogP contribution in [0.1, 0.15) is 30.7 Å². The van der Waals surface area contributed by atoms with Gasteiger partial charge in [0, 0.05) is 10.8 Å². The molecule has 3 fully saturated rings. The summed E-state index contributed by atoms with van der Waals surface area (Å²) >= 11 is 2.19. The van der Waals surface area contributed by atoms with E-state index in [1.54, 1.807) is 0 Å². The summed E-state index contributed by atoms with van der Waals surface area (Å²) in [6.07, 6.45) is 4.28. The summed E-state index contributed by atoms with van der Waals surface area (Å²) in [6, 6.07) is 6.48. The first kappa shape index (κ1) is 8.51. The summed E-state index contributed by atoms with van der Waals surface area (Å²) in [4.78, 5) is 0. The molecule has 0 aromatic carbocycles. The van der Waals surface area contributed by atoms with E-state index in [2.05, 4.69) is 30.0 Å². The normalized spacial score (nSPS) is 35.3. The zero-order valence-corrected chi connectivity index (χ0v) is 9.43. The molecule has 2 aliphatic heterocycles. The van der Waals surface area contributed by atoms with Gasteiger partial charge in [0.15, 0.2) is 0 Å². The third-order valence-corrected chi connectivity index (χ3v) is 5.71. The highest BCUT2D eigenvalue weighted by atomic mass is 32.2. The Morgan fingerprint density at radius 2 is 2.27 bits per heavy atom. The maximum Gasteiger partial charge on any atom is 0.131 e. The molecule has 1 saturated carbocycles. The lowest BCUT2D eigenvalue weighted by Gasteiger charge is -2.41. The fraction of sp³-hybridized carbons (Fsp3) is 0.538. The van der Waals surface area contributed by atoms with E-state index in [1.165, 1.54) is 30.6 Å². The predicted octanol–water partition coefficient (Wildman–Crippen LogP) is 3.87. The van der Waals surface area contributed by atoms with Crippen molar-refractivity contribution in [3.05, 3.63) is 23.8 Å². The van der Waals surface area contributed by atoms with E-state index in [1.807, 2.05) is 0 Å². The number of hydrogen-bond acceptors (Lipinski definition) is 2. The van der Waals surface area contributed by atoms with Gasteiger partial charge in [-0.2, -0.15) is 11.8 Å². The summed E-state index contributed by atoms with van der Waals surface area (Å²) in [5.74, 6) is 3.15. The quantitative estimate of drug-likeness (QED) is 0.720. The van der Waals surface area contributed by atoms with E-state index in [0.29, 0.717) is 0 Å². The van der Waals surface area contributed by atoms with Gasteiger partial charge in [0.05, 0.1) is 0 Å². The van der Waals surface area contributed by atoms with Gasteiger partial charge in [0.1, 0.15) is 11.2 Å². The van der Waals surface area contributed by atoms with Crippen LogP contribution in [0.25, 0.3) is 11.2 Å². The highest BCUT2D eigenvalue weighted by molar-refractivity contribution is 8.00. The highest BCUT2D eigenvalue weighted by Gasteiger charge is 2.38. The van der Waals surface area contributed by atoms with Crippen molar-refractivity contribution in [3.8, 4) is 0 Å². The van der Waals surface area contributed by atoms with Crippen LogP contribution in [0.5, 0.6) is 0 Å². The Morgan fingerprint density at radius 1 is 1.27 bits per heavy atom. The van der Waals surface area contributed by atoms with Gasteiger partial charge >= 0.3 is 0 Å². The van der Waals surface area contributed by atoms with E-state index in [9.17, 15) is 0 Å². The fourth-order valence-corrected chi connectivity index (χ4v) is 4.88. The lowest BCUT2D eigenvalue weighted by atomic mass is 9.77. The molecular weight excluding hydrogens is 204 g/mol. The number of benzene rings is 1. The first-order chi connectivity index (χ1) is 7.40. The van der Waals surface area contributed by atoms with E-state index >= 15 is 0 Å². The summed E-state index contributed by atoms with van der Waals surface area (Å²) in [5, 5.41) is 0.866. The van der Waals surface area contributed by atoms with Gasteiger partial charge < -0.3 is 4.42 Å².